The SMILES string of the molecule is CCOC(=O)c1c(CSc2ccccc2)n(C)c2cc(Br)c(O)c(CNC(=N)N)c12. The van der Waals surface area contributed by atoms with Gasteiger partial charge in [0, 0.05) is 40.9 Å². The van der Waals surface area contributed by atoms with E-state index in [0.29, 0.717) is 26.7 Å². The van der Waals surface area contributed by atoms with Crippen LogP contribution in [0.4, 0.5) is 0 Å². The number of fused-ring (bicyclic) bond motifs is 1. The second-order valence-corrected chi connectivity index (χ2v) is 8.45. The molecule has 0 fully saturated rings. The zero-order chi connectivity index (χ0) is 21.8. The van der Waals surface area contributed by atoms with Gasteiger partial charge in [0.2, 0.25) is 0 Å². The van der Waals surface area contributed by atoms with Crippen molar-refractivity contribution in [3.05, 3.63) is 57.7 Å². The van der Waals surface area contributed by atoms with E-state index in [0.717, 1.165) is 16.1 Å². The minimum atomic E-state index is -0.447. The molecule has 0 amide bonds. The standard InChI is InChI=1S/C21H23BrN4O3S/c1-3-29-20(28)18-16(11-30-12-7-5-4-6-8-12)26(2)15-9-14(22)19(27)13(17(15)18)10-25-21(23)24/h4-9,27H,3,10-11H2,1-2H3,(H4,23,24,25). The number of rotatable bonds is 7. The summed E-state index contributed by atoms with van der Waals surface area (Å²) in [6, 6.07) is 11.7. The third-order valence-corrected chi connectivity index (χ3v) is 6.32. The van der Waals surface area contributed by atoms with Gasteiger partial charge in [-0.05, 0) is 41.1 Å². The second kappa shape index (κ2) is 9.44. The van der Waals surface area contributed by atoms with Crippen LogP contribution in [-0.4, -0.2) is 28.2 Å². The maximum absolute atomic E-state index is 13.0. The third-order valence-electron chi connectivity index (χ3n) is 4.69. The molecule has 0 radical (unpaired) electrons. The number of aryl methyl sites for hydroxylation is 1. The highest BCUT2D eigenvalue weighted by atomic mass is 79.9. The number of nitrogens with two attached hydrogens (primary N) is 1. The van der Waals surface area contributed by atoms with Crippen molar-refractivity contribution in [2.45, 2.75) is 24.1 Å². The van der Waals surface area contributed by atoms with Crippen LogP contribution in [0.3, 0.4) is 0 Å². The number of aromatic nitrogens is 1. The minimum absolute atomic E-state index is 0.00494. The number of phenols is 1. The van der Waals surface area contributed by atoms with Crippen LogP contribution in [0.2, 0.25) is 0 Å². The van der Waals surface area contributed by atoms with Gasteiger partial charge in [0.1, 0.15) is 5.75 Å². The summed E-state index contributed by atoms with van der Waals surface area (Å²) in [7, 11) is 1.89. The molecule has 0 saturated heterocycles. The molecular weight excluding hydrogens is 468 g/mol. The Balaban J connectivity index is 2.20. The highest BCUT2D eigenvalue weighted by Gasteiger charge is 2.27. The van der Waals surface area contributed by atoms with Crippen molar-refractivity contribution >= 4 is 50.5 Å². The number of nitrogens with one attached hydrogen (secondary N) is 2. The van der Waals surface area contributed by atoms with Gasteiger partial charge in [0.15, 0.2) is 5.96 Å². The van der Waals surface area contributed by atoms with Crippen molar-refractivity contribution in [2.75, 3.05) is 6.61 Å². The topological polar surface area (TPSA) is 113 Å². The van der Waals surface area contributed by atoms with Gasteiger partial charge in [-0.2, -0.15) is 0 Å². The average Bonchev–Trinajstić information content (AvgIpc) is 2.99. The number of nitrogens with zero attached hydrogens (tertiary/aromatic N) is 1. The molecule has 0 aliphatic rings. The van der Waals surface area contributed by atoms with Gasteiger partial charge in [-0.1, -0.05) is 18.2 Å². The molecule has 3 rings (SSSR count). The number of aromatic hydroxyl groups is 1. The Kier molecular flexibility index (Phi) is 6.94. The molecule has 0 aliphatic carbocycles. The van der Waals surface area contributed by atoms with E-state index >= 15 is 0 Å². The van der Waals surface area contributed by atoms with Gasteiger partial charge < -0.3 is 25.5 Å². The van der Waals surface area contributed by atoms with Crippen molar-refractivity contribution in [1.82, 2.24) is 9.88 Å². The molecule has 30 heavy (non-hydrogen) atoms. The molecule has 2 aromatic carbocycles. The quantitative estimate of drug-likeness (QED) is 0.171. The number of halogens is 1. The Morgan fingerprint density at radius 2 is 2.07 bits per heavy atom. The maximum Gasteiger partial charge on any atom is 0.340 e. The lowest BCUT2D eigenvalue weighted by molar-refractivity contribution is 0.0527. The molecule has 1 aromatic heterocycles. The van der Waals surface area contributed by atoms with Gasteiger partial charge in [-0.3, -0.25) is 5.41 Å². The molecule has 7 nitrogen and oxygen atoms in total. The first-order valence-electron chi connectivity index (χ1n) is 9.29. The van der Waals surface area contributed by atoms with Gasteiger partial charge in [-0.25, -0.2) is 4.79 Å². The molecule has 0 aliphatic heterocycles. The molecular formula is C21H23BrN4O3S. The fourth-order valence-corrected chi connectivity index (χ4v) is 4.74. The number of hydrogen-bond donors (Lipinski definition) is 4. The maximum atomic E-state index is 13.0. The predicted octanol–water partition coefficient (Wildman–Crippen LogP) is 4.10. The molecule has 0 atom stereocenters. The monoisotopic (exact) mass is 490 g/mol. The fraction of sp³-hybridized carbons (Fsp3) is 0.238. The first-order valence-corrected chi connectivity index (χ1v) is 11.1. The van der Waals surface area contributed by atoms with E-state index in [-0.39, 0.29) is 24.9 Å². The summed E-state index contributed by atoms with van der Waals surface area (Å²) < 4.78 is 7.79. The molecule has 0 unspecified atom stereocenters. The minimum Gasteiger partial charge on any atom is -0.506 e. The predicted molar refractivity (Wildman–Crippen MR) is 123 cm³/mol. The molecule has 158 valence electrons. The van der Waals surface area contributed by atoms with E-state index < -0.39 is 5.97 Å². The fourth-order valence-electron chi connectivity index (χ4n) is 3.29. The zero-order valence-corrected chi connectivity index (χ0v) is 19.1. The lowest BCUT2D eigenvalue weighted by atomic mass is 10.0. The summed E-state index contributed by atoms with van der Waals surface area (Å²) in [6.45, 7) is 2.09. The molecule has 0 spiro atoms. The summed E-state index contributed by atoms with van der Waals surface area (Å²) in [4.78, 5) is 14.0. The first kappa shape index (κ1) is 22.0. The van der Waals surface area contributed by atoms with Crippen LogP contribution in [-0.2, 0) is 24.1 Å². The van der Waals surface area contributed by atoms with E-state index in [1.165, 1.54) is 0 Å². The van der Waals surface area contributed by atoms with Crippen molar-refractivity contribution in [3.8, 4) is 5.75 Å². The Bertz CT molecular complexity index is 1100. The van der Waals surface area contributed by atoms with Crippen molar-refractivity contribution in [1.29, 1.82) is 5.41 Å². The first-order chi connectivity index (χ1) is 14.3. The molecule has 9 heteroatoms. The Hall–Kier alpha value is -2.65. The second-order valence-electron chi connectivity index (χ2n) is 6.55. The van der Waals surface area contributed by atoms with E-state index in [9.17, 15) is 9.90 Å². The number of carbonyl (C=O) groups excluding carboxylic acids is 1. The van der Waals surface area contributed by atoms with Gasteiger partial charge in [0.05, 0.1) is 22.2 Å². The van der Waals surface area contributed by atoms with Crippen molar-refractivity contribution in [3.63, 3.8) is 0 Å². The lowest BCUT2D eigenvalue weighted by Gasteiger charge is -2.12. The zero-order valence-electron chi connectivity index (χ0n) is 16.7. The van der Waals surface area contributed by atoms with Crippen molar-refractivity contribution in [2.24, 2.45) is 12.8 Å². The number of esters is 1. The number of guanidine groups is 1. The van der Waals surface area contributed by atoms with E-state index in [4.69, 9.17) is 15.9 Å². The van der Waals surface area contributed by atoms with Crippen LogP contribution < -0.4 is 11.1 Å². The Morgan fingerprint density at radius 1 is 1.37 bits per heavy atom. The highest BCUT2D eigenvalue weighted by molar-refractivity contribution is 9.10. The molecule has 0 saturated carbocycles. The normalized spacial score (nSPS) is 10.9. The summed E-state index contributed by atoms with van der Waals surface area (Å²) in [5.41, 5.74) is 7.90. The van der Waals surface area contributed by atoms with Crippen LogP contribution in [0.5, 0.6) is 5.75 Å². The number of thioether (sulfide) groups is 1. The van der Waals surface area contributed by atoms with Crippen LogP contribution in [0, 0.1) is 5.41 Å². The van der Waals surface area contributed by atoms with Crippen LogP contribution in [0.15, 0.2) is 45.8 Å². The largest absolute Gasteiger partial charge is 0.506 e. The molecule has 3 aromatic rings. The van der Waals surface area contributed by atoms with E-state index in [1.807, 2.05) is 41.9 Å². The summed E-state index contributed by atoms with van der Waals surface area (Å²) in [6.07, 6.45) is 0. The highest BCUT2D eigenvalue weighted by Crippen LogP contribution is 2.40. The lowest BCUT2D eigenvalue weighted by Crippen LogP contribution is -2.29. The Morgan fingerprint density at radius 3 is 2.70 bits per heavy atom. The van der Waals surface area contributed by atoms with Crippen LogP contribution >= 0.6 is 27.7 Å². The smallest absolute Gasteiger partial charge is 0.340 e. The van der Waals surface area contributed by atoms with Gasteiger partial charge >= 0.3 is 5.97 Å². The molecule has 0 bridgehead atoms. The Labute approximate surface area is 187 Å². The van der Waals surface area contributed by atoms with E-state index in [1.54, 1.807) is 24.8 Å². The number of ether oxygens (including phenoxy) is 1. The van der Waals surface area contributed by atoms with Gasteiger partial charge in [0.25, 0.3) is 0 Å². The van der Waals surface area contributed by atoms with Crippen LogP contribution in [0.1, 0.15) is 28.5 Å². The third kappa shape index (κ3) is 4.41. The number of phenolic OH excluding ortho intramolecular Hbond substituents is 1. The number of hydrogen-bond acceptors (Lipinski definition) is 5. The molecule has 5 N–H and O–H groups in total. The van der Waals surface area contributed by atoms with Crippen LogP contribution in [0.25, 0.3) is 10.9 Å². The molecule has 1 heterocycles. The van der Waals surface area contributed by atoms with Crippen molar-refractivity contribution < 1.29 is 14.6 Å². The number of carbonyl (C=O) groups is 1. The summed E-state index contributed by atoms with van der Waals surface area (Å²) in [5, 5.41) is 21.5. The summed E-state index contributed by atoms with van der Waals surface area (Å²) in [5.74, 6) is -0.135. The average molecular weight is 491 g/mol. The number of benzene rings is 2. The summed E-state index contributed by atoms with van der Waals surface area (Å²) >= 11 is 5.00. The van der Waals surface area contributed by atoms with E-state index in [2.05, 4.69) is 21.2 Å². The van der Waals surface area contributed by atoms with Gasteiger partial charge in [-0.15, -0.1) is 11.8 Å².